The van der Waals surface area contributed by atoms with Crippen molar-refractivity contribution in [2.75, 3.05) is 19.0 Å². The summed E-state index contributed by atoms with van der Waals surface area (Å²) in [5.41, 5.74) is 0. The first kappa shape index (κ1) is 14.2. The summed E-state index contributed by atoms with van der Waals surface area (Å²) in [5, 5.41) is 9.49. The number of hydrogen-bond acceptors (Lipinski definition) is 4. The Labute approximate surface area is 91.2 Å². The van der Waals surface area contributed by atoms with E-state index in [1.165, 1.54) is 6.92 Å². The first-order valence-corrected chi connectivity index (χ1v) is 5.89. The third kappa shape index (κ3) is 8.81. The van der Waals surface area contributed by atoms with Gasteiger partial charge in [0.2, 0.25) is 0 Å². The molecule has 0 bridgehead atoms. The third-order valence-corrected chi connectivity index (χ3v) is 2.64. The van der Waals surface area contributed by atoms with Crippen LogP contribution in [-0.2, 0) is 9.47 Å². The molecule has 0 aliphatic carbocycles. The van der Waals surface area contributed by atoms with Crippen LogP contribution < -0.4 is 0 Å². The van der Waals surface area contributed by atoms with Crippen LogP contribution in [0.3, 0.4) is 0 Å². The lowest BCUT2D eigenvalue weighted by molar-refractivity contribution is -0.345. The van der Waals surface area contributed by atoms with E-state index in [-0.39, 0.29) is 4.75 Å². The zero-order valence-corrected chi connectivity index (χ0v) is 10.6. The quantitative estimate of drug-likeness (QED) is 0.552. The number of thioether (sulfide) groups is 1. The van der Waals surface area contributed by atoms with E-state index < -0.39 is 5.97 Å². The molecule has 0 aromatic heterocycles. The van der Waals surface area contributed by atoms with Gasteiger partial charge in [0.05, 0.1) is 6.61 Å². The van der Waals surface area contributed by atoms with Crippen LogP contribution in [0.15, 0.2) is 0 Å². The normalized spacial score (nSPS) is 16.7. The third-order valence-electron chi connectivity index (χ3n) is 1.40. The molecule has 1 unspecified atom stereocenters. The topological polar surface area (TPSA) is 38.7 Å². The average Bonchev–Trinajstić information content (AvgIpc) is 1.96. The molecular formula is C10H22O3S. The molecule has 0 amide bonds. The van der Waals surface area contributed by atoms with Crippen LogP contribution in [0, 0.1) is 0 Å². The molecule has 14 heavy (non-hydrogen) atoms. The van der Waals surface area contributed by atoms with Crippen molar-refractivity contribution in [1.82, 2.24) is 0 Å². The molecule has 0 heterocycles. The van der Waals surface area contributed by atoms with Gasteiger partial charge < -0.3 is 14.6 Å². The van der Waals surface area contributed by atoms with Crippen molar-refractivity contribution in [3.63, 3.8) is 0 Å². The van der Waals surface area contributed by atoms with E-state index in [2.05, 4.69) is 20.8 Å². The molecule has 0 saturated carbocycles. The van der Waals surface area contributed by atoms with E-state index in [4.69, 9.17) is 9.47 Å². The number of rotatable bonds is 6. The summed E-state index contributed by atoms with van der Waals surface area (Å²) in [6, 6.07) is 0. The first-order valence-electron chi connectivity index (χ1n) is 4.91. The molecule has 0 aliphatic heterocycles. The lowest BCUT2D eigenvalue weighted by Gasteiger charge is -2.24. The van der Waals surface area contributed by atoms with E-state index in [1.54, 1.807) is 11.8 Å². The Balaban J connectivity index is 3.54. The molecule has 0 aromatic carbocycles. The maximum atomic E-state index is 9.49. The SMILES string of the molecule is CCOC(C)(O)OCCSC(C)(C)C. The maximum Gasteiger partial charge on any atom is 0.277 e. The molecule has 3 nitrogen and oxygen atoms in total. The standard InChI is InChI=1S/C10H22O3S/c1-6-12-10(5,11)13-7-8-14-9(2,3)4/h11H,6-8H2,1-5H3. The van der Waals surface area contributed by atoms with Crippen molar-refractivity contribution >= 4 is 11.8 Å². The maximum absolute atomic E-state index is 9.49. The molecule has 1 N–H and O–H groups in total. The van der Waals surface area contributed by atoms with Crippen LogP contribution in [0.1, 0.15) is 34.6 Å². The summed E-state index contributed by atoms with van der Waals surface area (Å²) in [6.07, 6.45) is 0. The van der Waals surface area contributed by atoms with E-state index in [9.17, 15) is 5.11 Å². The summed E-state index contributed by atoms with van der Waals surface area (Å²) in [4.78, 5) is 0. The Morgan fingerprint density at radius 1 is 1.14 bits per heavy atom. The molecular weight excluding hydrogens is 200 g/mol. The van der Waals surface area contributed by atoms with Crippen LogP contribution in [0.25, 0.3) is 0 Å². The van der Waals surface area contributed by atoms with Gasteiger partial charge >= 0.3 is 0 Å². The zero-order chi connectivity index (χ0) is 11.2. The highest BCUT2D eigenvalue weighted by Gasteiger charge is 2.21. The van der Waals surface area contributed by atoms with Gasteiger partial charge in [-0.2, -0.15) is 11.8 Å². The molecule has 0 radical (unpaired) electrons. The van der Waals surface area contributed by atoms with Crippen molar-refractivity contribution in [1.29, 1.82) is 0 Å². The van der Waals surface area contributed by atoms with Crippen LogP contribution in [-0.4, -0.2) is 34.8 Å². The smallest absolute Gasteiger partial charge is 0.277 e. The largest absolute Gasteiger partial charge is 0.344 e. The molecule has 0 rings (SSSR count). The van der Waals surface area contributed by atoms with Crippen LogP contribution >= 0.6 is 11.8 Å². The van der Waals surface area contributed by atoms with Gasteiger partial charge in [-0.25, -0.2) is 0 Å². The molecule has 4 heteroatoms. The number of ether oxygens (including phenoxy) is 2. The van der Waals surface area contributed by atoms with Crippen molar-refractivity contribution in [3.05, 3.63) is 0 Å². The van der Waals surface area contributed by atoms with Crippen LogP contribution in [0.2, 0.25) is 0 Å². The fourth-order valence-electron chi connectivity index (χ4n) is 0.888. The van der Waals surface area contributed by atoms with E-state index in [0.29, 0.717) is 13.2 Å². The minimum atomic E-state index is -1.44. The summed E-state index contributed by atoms with van der Waals surface area (Å²) in [5.74, 6) is -0.583. The number of hydrogen-bond donors (Lipinski definition) is 1. The van der Waals surface area contributed by atoms with Crippen LogP contribution in [0.5, 0.6) is 0 Å². The lowest BCUT2D eigenvalue weighted by Crippen LogP contribution is -2.33. The molecule has 0 spiro atoms. The van der Waals surface area contributed by atoms with Gasteiger partial charge in [-0.05, 0) is 6.92 Å². The highest BCUT2D eigenvalue weighted by molar-refractivity contribution is 8.00. The van der Waals surface area contributed by atoms with Crippen molar-refractivity contribution in [2.45, 2.75) is 45.3 Å². The lowest BCUT2D eigenvalue weighted by atomic mass is 10.3. The highest BCUT2D eigenvalue weighted by atomic mass is 32.2. The minimum absolute atomic E-state index is 0.237. The minimum Gasteiger partial charge on any atom is -0.344 e. The van der Waals surface area contributed by atoms with Crippen molar-refractivity contribution in [3.8, 4) is 0 Å². The van der Waals surface area contributed by atoms with Gasteiger partial charge in [-0.15, -0.1) is 0 Å². The Morgan fingerprint density at radius 3 is 2.14 bits per heavy atom. The fourth-order valence-corrected chi connectivity index (χ4v) is 1.67. The molecule has 86 valence electrons. The molecule has 1 atom stereocenters. The molecule has 0 fully saturated rings. The van der Waals surface area contributed by atoms with Crippen molar-refractivity contribution < 1.29 is 14.6 Å². The second-order valence-corrected chi connectivity index (χ2v) is 6.06. The fraction of sp³-hybridized carbons (Fsp3) is 1.00. The van der Waals surface area contributed by atoms with E-state index >= 15 is 0 Å². The second kappa shape index (κ2) is 5.95. The van der Waals surface area contributed by atoms with Gasteiger partial charge in [-0.1, -0.05) is 20.8 Å². The predicted octanol–water partition coefficient (Wildman–Crippen LogP) is 2.24. The molecule has 0 saturated heterocycles. The van der Waals surface area contributed by atoms with Gasteiger partial charge in [-0.3, -0.25) is 0 Å². The van der Waals surface area contributed by atoms with Gasteiger partial charge in [0.15, 0.2) is 0 Å². The van der Waals surface area contributed by atoms with Crippen LogP contribution in [0.4, 0.5) is 0 Å². The van der Waals surface area contributed by atoms with E-state index in [1.807, 2.05) is 6.92 Å². The van der Waals surface area contributed by atoms with Gasteiger partial charge in [0.1, 0.15) is 0 Å². The average molecular weight is 222 g/mol. The van der Waals surface area contributed by atoms with Gasteiger partial charge in [0, 0.05) is 24.0 Å². The monoisotopic (exact) mass is 222 g/mol. The van der Waals surface area contributed by atoms with Crippen molar-refractivity contribution in [2.24, 2.45) is 0 Å². The summed E-state index contributed by atoms with van der Waals surface area (Å²) in [7, 11) is 0. The predicted molar refractivity (Wildman–Crippen MR) is 60.4 cm³/mol. The first-order chi connectivity index (χ1) is 6.27. The second-order valence-electron chi connectivity index (χ2n) is 4.14. The Kier molecular flexibility index (Phi) is 6.05. The molecule has 0 aliphatic rings. The van der Waals surface area contributed by atoms with E-state index in [0.717, 1.165) is 5.75 Å². The summed E-state index contributed by atoms with van der Waals surface area (Å²) in [6.45, 7) is 10.7. The highest BCUT2D eigenvalue weighted by Crippen LogP contribution is 2.23. The number of aliphatic hydroxyl groups is 1. The van der Waals surface area contributed by atoms with Gasteiger partial charge in [0.25, 0.3) is 5.97 Å². The Hall–Kier alpha value is 0.230. The Morgan fingerprint density at radius 2 is 1.71 bits per heavy atom. The molecule has 0 aromatic rings. The zero-order valence-electron chi connectivity index (χ0n) is 9.79. The Bertz CT molecular complexity index is 152. The summed E-state index contributed by atoms with van der Waals surface area (Å²) < 4.78 is 10.4. The summed E-state index contributed by atoms with van der Waals surface area (Å²) >= 11 is 1.80.